The normalized spacial score (nSPS) is 11.0. The summed E-state index contributed by atoms with van der Waals surface area (Å²) in [5, 5.41) is 3.90. The summed E-state index contributed by atoms with van der Waals surface area (Å²) < 4.78 is 1.03. The monoisotopic (exact) mass is 224 g/mol. The Morgan fingerprint density at radius 2 is 2.62 bits per heavy atom. The Morgan fingerprint density at radius 3 is 3.00 bits per heavy atom. The largest absolute Gasteiger partial charge is 0.312 e. The number of hydrogen-bond donors (Lipinski definition) is 1. The third-order valence-corrected chi connectivity index (χ3v) is 1.23. The zero-order valence-electron chi connectivity index (χ0n) is 4.82. The smallest absolute Gasteiger partial charge is 0.102 e. The van der Waals surface area contributed by atoms with Gasteiger partial charge in [-0.25, -0.2) is 0 Å². The second kappa shape index (κ2) is 5.08. The van der Waals surface area contributed by atoms with Crippen LogP contribution in [0.5, 0.6) is 0 Å². The highest BCUT2D eigenvalue weighted by Crippen LogP contribution is 1.94. The highest BCUT2D eigenvalue weighted by molar-refractivity contribution is 14.1. The number of halogens is 1. The highest BCUT2D eigenvalue weighted by Gasteiger charge is 1.83. The molecule has 0 aromatic rings. The third kappa shape index (κ3) is 4.11. The first kappa shape index (κ1) is 7.94. The van der Waals surface area contributed by atoms with Crippen molar-refractivity contribution in [3.63, 3.8) is 0 Å². The summed E-state index contributed by atoms with van der Waals surface area (Å²) in [5.74, 6) is 0. The molecule has 0 radical (unpaired) electrons. The maximum absolute atomic E-state index is 3.90. The predicted molar refractivity (Wildman–Crippen MR) is 45.3 cm³/mol. The van der Waals surface area contributed by atoms with Gasteiger partial charge < -0.3 is 5.43 Å². The second-order valence-electron chi connectivity index (χ2n) is 1.20. The summed E-state index contributed by atoms with van der Waals surface area (Å²) in [6.07, 6.45) is 2.67. The van der Waals surface area contributed by atoms with Gasteiger partial charge in [-0.2, -0.15) is 5.10 Å². The molecule has 0 rings (SSSR count). The first-order valence-electron chi connectivity index (χ1n) is 2.31. The molecule has 0 atom stereocenters. The summed E-state index contributed by atoms with van der Waals surface area (Å²) in [7, 11) is 1.78. The van der Waals surface area contributed by atoms with Gasteiger partial charge in [0.1, 0.15) is 3.72 Å². The fourth-order valence-corrected chi connectivity index (χ4v) is 0.839. The maximum Gasteiger partial charge on any atom is 0.102 e. The van der Waals surface area contributed by atoms with Crippen molar-refractivity contribution in [3.05, 3.63) is 12.7 Å². The molecule has 46 valence electrons. The molecule has 1 N–H and O–H groups in total. The number of hydrazone groups is 1. The number of nitrogens with one attached hydrogen (secondary N) is 1. The standard InChI is InChI=1S/C5H9IN2/c1-3-4-5(6)8-7-2/h3,7H,1,4H2,2H3/b8-5+. The van der Waals surface area contributed by atoms with Gasteiger partial charge in [0.05, 0.1) is 0 Å². The van der Waals surface area contributed by atoms with Crippen LogP contribution < -0.4 is 5.43 Å². The molecule has 0 aliphatic carbocycles. The molecule has 0 spiro atoms. The van der Waals surface area contributed by atoms with E-state index in [2.05, 4.69) is 39.7 Å². The van der Waals surface area contributed by atoms with Crippen LogP contribution in [0.15, 0.2) is 17.8 Å². The van der Waals surface area contributed by atoms with Gasteiger partial charge in [0, 0.05) is 13.5 Å². The number of hydrogen-bond acceptors (Lipinski definition) is 2. The Morgan fingerprint density at radius 1 is 2.00 bits per heavy atom. The van der Waals surface area contributed by atoms with Gasteiger partial charge in [0.2, 0.25) is 0 Å². The van der Waals surface area contributed by atoms with Crippen LogP contribution in [-0.2, 0) is 0 Å². The fraction of sp³-hybridized carbons (Fsp3) is 0.400. The average Bonchev–Trinajstić information content (AvgIpc) is 1.68. The molecule has 0 saturated carbocycles. The van der Waals surface area contributed by atoms with Crippen LogP contribution in [0.25, 0.3) is 0 Å². The van der Waals surface area contributed by atoms with Gasteiger partial charge >= 0.3 is 0 Å². The molecular formula is C5H9IN2. The fourth-order valence-electron chi connectivity index (χ4n) is 0.286. The van der Waals surface area contributed by atoms with Crippen LogP contribution in [0.2, 0.25) is 0 Å². The predicted octanol–water partition coefficient (Wildman–Crippen LogP) is 1.53. The van der Waals surface area contributed by atoms with E-state index in [9.17, 15) is 0 Å². The summed E-state index contributed by atoms with van der Waals surface area (Å²) >= 11 is 2.16. The summed E-state index contributed by atoms with van der Waals surface area (Å²) in [6, 6.07) is 0. The van der Waals surface area contributed by atoms with Crippen molar-refractivity contribution < 1.29 is 0 Å². The van der Waals surface area contributed by atoms with Crippen molar-refractivity contribution in [3.8, 4) is 0 Å². The molecule has 0 aliphatic rings. The average molecular weight is 224 g/mol. The zero-order chi connectivity index (χ0) is 6.41. The van der Waals surface area contributed by atoms with Gasteiger partial charge in [-0.1, -0.05) is 6.08 Å². The SMILES string of the molecule is C=CC/C(I)=N\NC. The van der Waals surface area contributed by atoms with Gasteiger partial charge in [-0.05, 0) is 22.6 Å². The Kier molecular flexibility index (Phi) is 5.05. The van der Waals surface area contributed by atoms with Gasteiger partial charge in [0.15, 0.2) is 0 Å². The number of allylic oxidation sites excluding steroid dienone is 1. The van der Waals surface area contributed by atoms with E-state index in [-0.39, 0.29) is 0 Å². The van der Waals surface area contributed by atoms with E-state index in [1.54, 1.807) is 7.05 Å². The second-order valence-corrected chi connectivity index (χ2v) is 2.45. The molecule has 0 aliphatic heterocycles. The Hall–Kier alpha value is -0.0600. The lowest BCUT2D eigenvalue weighted by Gasteiger charge is -1.89. The van der Waals surface area contributed by atoms with Crippen molar-refractivity contribution >= 4 is 26.3 Å². The first-order chi connectivity index (χ1) is 3.81. The molecule has 0 bridgehead atoms. The Bertz CT molecular complexity index is 98.6. The molecule has 0 heterocycles. The molecule has 2 nitrogen and oxygen atoms in total. The topological polar surface area (TPSA) is 24.4 Å². The molecule has 3 heteroatoms. The highest BCUT2D eigenvalue weighted by atomic mass is 127. The first-order valence-corrected chi connectivity index (χ1v) is 3.38. The summed E-state index contributed by atoms with van der Waals surface area (Å²) in [5.41, 5.74) is 2.68. The molecule has 0 unspecified atom stereocenters. The third-order valence-electron chi connectivity index (χ3n) is 0.546. The molecule has 0 aromatic carbocycles. The van der Waals surface area contributed by atoms with Gasteiger partial charge in [-0.3, -0.25) is 0 Å². The van der Waals surface area contributed by atoms with Crippen LogP contribution in [0.4, 0.5) is 0 Å². The quantitative estimate of drug-likeness (QED) is 0.334. The van der Waals surface area contributed by atoms with Crippen LogP contribution in [-0.4, -0.2) is 10.8 Å². The van der Waals surface area contributed by atoms with Crippen molar-refractivity contribution in [1.82, 2.24) is 5.43 Å². The van der Waals surface area contributed by atoms with E-state index in [0.29, 0.717) is 0 Å². The Labute approximate surface area is 63.2 Å². The van der Waals surface area contributed by atoms with Crippen molar-refractivity contribution in [1.29, 1.82) is 0 Å². The minimum Gasteiger partial charge on any atom is -0.312 e. The van der Waals surface area contributed by atoms with Crippen LogP contribution in [0.3, 0.4) is 0 Å². The molecule has 0 fully saturated rings. The number of nitrogens with zero attached hydrogens (tertiary/aromatic N) is 1. The van der Waals surface area contributed by atoms with E-state index in [4.69, 9.17) is 0 Å². The van der Waals surface area contributed by atoms with Gasteiger partial charge in [-0.15, -0.1) is 6.58 Å². The Balaban J connectivity index is 3.44. The van der Waals surface area contributed by atoms with Gasteiger partial charge in [0.25, 0.3) is 0 Å². The lowest BCUT2D eigenvalue weighted by Crippen LogP contribution is -1.97. The number of rotatable bonds is 3. The van der Waals surface area contributed by atoms with Crippen molar-refractivity contribution in [2.24, 2.45) is 5.10 Å². The lowest BCUT2D eigenvalue weighted by atomic mass is 10.5. The molecule has 8 heavy (non-hydrogen) atoms. The molecule has 0 saturated heterocycles. The van der Waals surface area contributed by atoms with Crippen molar-refractivity contribution in [2.45, 2.75) is 6.42 Å². The summed E-state index contributed by atoms with van der Waals surface area (Å²) in [4.78, 5) is 0. The zero-order valence-corrected chi connectivity index (χ0v) is 6.97. The van der Waals surface area contributed by atoms with E-state index < -0.39 is 0 Å². The molecular weight excluding hydrogens is 215 g/mol. The van der Waals surface area contributed by atoms with Crippen LogP contribution in [0, 0.1) is 0 Å². The minimum atomic E-state index is 0.849. The molecule has 0 aromatic heterocycles. The lowest BCUT2D eigenvalue weighted by molar-refractivity contribution is 0.903. The van der Waals surface area contributed by atoms with Crippen molar-refractivity contribution in [2.75, 3.05) is 7.05 Å². The van der Waals surface area contributed by atoms with Crippen LogP contribution >= 0.6 is 22.6 Å². The van der Waals surface area contributed by atoms with E-state index in [1.807, 2.05) is 6.08 Å². The van der Waals surface area contributed by atoms with Crippen LogP contribution in [0.1, 0.15) is 6.42 Å². The van der Waals surface area contributed by atoms with E-state index in [0.717, 1.165) is 10.1 Å². The molecule has 0 amide bonds. The maximum atomic E-state index is 3.90. The summed E-state index contributed by atoms with van der Waals surface area (Å²) in [6.45, 7) is 3.57. The van der Waals surface area contributed by atoms with E-state index in [1.165, 1.54) is 0 Å². The van der Waals surface area contributed by atoms with E-state index >= 15 is 0 Å². The minimum absolute atomic E-state index is 0.849.